The maximum Gasteiger partial charge on any atom is 0.255 e. The molecule has 1 amide bonds. The number of hydrogen-bond donors (Lipinski definition) is 1. The number of benzene rings is 3. The Hall–Kier alpha value is -3.01. The third-order valence-corrected chi connectivity index (χ3v) is 4.01. The molecule has 0 fully saturated rings. The number of carbonyl (C=O) groups is 1. The number of fused-ring (bicyclic) bond motifs is 1. The fourth-order valence-electron chi connectivity index (χ4n) is 2.78. The van der Waals surface area contributed by atoms with E-state index in [9.17, 15) is 4.79 Å². The quantitative estimate of drug-likeness (QED) is 0.631. The van der Waals surface area contributed by atoms with Crippen LogP contribution in [0.25, 0.3) is 10.8 Å². The van der Waals surface area contributed by atoms with E-state index in [2.05, 4.69) is 5.32 Å². The molecule has 0 unspecified atom stereocenters. The highest BCUT2D eigenvalue weighted by Gasteiger charge is 2.13. The second-order valence-electron chi connectivity index (χ2n) is 5.92. The fraction of sp³-hybridized carbons (Fsp3) is 0.227. The van der Waals surface area contributed by atoms with Crippen molar-refractivity contribution in [2.45, 2.75) is 20.3 Å². The molecule has 0 saturated carbocycles. The molecule has 3 aromatic carbocycles. The van der Waals surface area contributed by atoms with Crippen molar-refractivity contribution in [3.8, 4) is 11.5 Å². The molecule has 0 heterocycles. The van der Waals surface area contributed by atoms with E-state index >= 15 is 0 Å². The summed E-state index contributed by atoms with van der Waals surface area (Å²) in [6, 6.07) is 19.1. The van der Waals surface area contributed by atoms with Gasteiger partial charge >= 0.3 is 0 Å². The molecule has 4 nitrogen and oxygen atoms in total. The first-order chi connectivity index (χ1) is 12.7. The molecule has 0 spiro atoms. The normalized spacial score (nSPS) is 10.5. The number of rotatable bonds is 7. The van der Waals surface area contributed by atoms with Crippen LogP contribution in [-0.4, -0.2) is 19.1 Å². The smallest absolute Gasteiger partial charge is 0.255 e. The van der Waals surface area contributed by atoms with Crippen molar-refractivity contribution in [3.63, 3.8) is 0 Å². The summed E-state index contributed by atoms with van der Waals surface area (Å²) in [5.74, 6) is 1.08. The Balaban J connectivity index is 1.86. The summed E-state index contributed by atoms with van der Waals surface area (Å²) >= 11 is 0. The highest BCUT2D eigenvalue weighted by Crippen LogP contribution is 2.30. The molecule has 3 rings (SSSR count). The summed E-state index contributed by atoms with van der Waals surface area (Å²) in [6.07, 6.45) is 0.912. The van der Waals surface area contributed by atoms with Gasteiger partial charge in [-0.25, -0.2) is 0 Å². The Labute approximate surface area is 153 Å². The summed E-state index contributed by atoms with van der Waals surface area (Å²) in [5.41, 5.74) is 1.32. The van der Waals surface area contributed by atoms with E-state index in [1.165, 1.54) is 0 Å². The minimum Gasteiger partial charge on any atom is -0.490 e. The topological polar surface area (TPSA) is 47.6 Å². The molecule has 0 aliphatic rings. The van der Waals surface area contributed by atoms with Gasteiger partial charge in [0, 0.05) is 16.6 Å². The highest BCUT2D eigenvalue weighted by atomic mass is 16.5. The maximum atomic E-state index is 12.7. The molecular weight excluding hydrogens is 326 g/mol. The Morgan fingerprint density at radius 2 is 1.73 bits per heavy atom. The van der Waals surface area contributed by atoms with Crippen molar-refractivity contribution < 1.29 is 14.3 Å². The molecule has 0 aromatic heterocycles. The van der Waals surface area contributed by atoms with Crippen LogP contribution in [0.15, 0.2) is 60.7 Å². The van der Waals surface area contributed by atoms with Gasteiger partial charge < -0.3 is 14.8 Å². The van der Waals surface area contributed by atoms with Gasteiger partial charge in [-0.05, 0) is 43.0 Å². The van der Waals surface area contributed by atoms with Gasteiger partial charge in [-0.2, -0.15) is 0 Å². The molecule has 0 aliphatic heterocycles. The zero-order chi connectivity index (χ0) is 18.4. The first-order valence-corrected chi connectivity index (χ1v) is 8.91. The van der Waals surface area contributed by atoms with Crippen LogP contribution in [0.3, 0.4) is 0 Å². The van der Waals surface area contributed by atoms with Crippen molar-refractivity contribution in [2.24, 2.45) is 0 Å². The molecule has 4 heteroatoms. The molecule has 3 aromatic rings. The Morgan fingerprint density at radius 3 is 2.54 bits per heavy atom. The summed E-state index contributed by atoms with van der Waals surface area (Å²) in [4.78, 5) is 12.7. The number of carbonyl (C=O) groups excluding carboxylic acids is 1. The number of amides is 1. The van der Waals surface area contributed by atoms with Gasteiger partial charge in [0.15, 0.2) is 11.5 Å². The molecule has 0 aliphatic carbocycles. The molecule has 0 bridgehead atoms. The van der Waals surface area contributed by atoms with Crippen molar-refractivity contribution in [3.05, 3.63) is 66.2 Å². The summed E-state index contributed by atoms with van der Waals surface area (Å²) in [6.45, 7) is 5.08. The third kappa shape index (κ3) is 3.97. The molecule has 134 valence electrons. The van der Waals surface area contributed by atoms with Gasteiger partial charge in [0.25, 0.3) is 5.91 Å². The molecule has 1 N–H and O–H groups in total. The number of ether oxygens (including phenoxy) is 2. The van der Waals surface area contributed by atoms with E-state index in [1.54, 1.807) is 18.2 Å². The Morgan fingerprint density at radius 1 is 0.923 bits per heavy atom. The van der Waals surface area contributed by atoms with Crippen LogP contribution in [0.1, 0.15) is 30.6 Å². The lowest BCUT2D eigenvalue weighted by Gasteiger charge is -2.13. The number of nitrogens with one attached hydrogen (secondary N) is 1. The van der Waals surface area contributed by atoms with Crippen molar-refractivity contribution in [1.29, 1.82) is 0 Å². The van der Waals surface area contributed by atoms with Crippen molar-refractivity contribution in [2.75, 3.05) is 18.5 Å². The standard InChI is InChI=1S/C22H23NO3/c1-3-14-26-20-13-12-17(15-21(20)25-4-2)22(24)23-19-11-7-9-16-8-5-6-10-18(16)19/h5-13,15H,3-4,14H2,1-2H3,(H,23,24). The van der Waals surface area contributed by atoms with Crippen molar-refractivity contribution in [1.82, 2.24) is 0 Å². The van der Waals surface area contributed by atoms with Crippen LogP contribution in [0, 0.1) is 0 Å². The lowest BCUT2D eigenvalue weighted by Crippen LogP contribution is -2.12. The van der Waals surface area contributed by atoms with E-state index in [0.717, 1.165) is 22.9 Å². The van der Waals surface area contributed by atoms with Crippen LogP contribution in [-0.2, 0) is 0 Å². The number of anilines is 1. The van der Waals surface area contributed by atoms with Gasteiger partial charge in [-0.3, -0.25) is 4.79 Å². The van der Waals surface area contributed by atoms with Gasteiger partial charge in [0.1, 0.15) is 0 Å². The van der Waals surface area contributed by atoms with Crippen LogP contribution in [0.5, 0.6) is 11.5 Å². The average Bonchev–Trinajstić information content (AvgIpc) is 2.67. The zero-order valence-electron chi connectivity index (χ0n) is 15.1. The number of hydrogen-bond acceptors (Lipinski definition) is 3. The summed E-state index contributed by atoms with van der Waals surface area (Å²) in [7, 11) is 0. The Bertz CT molecular complexity index is 900. The van der Waals surface area contributed by atoms with E-state index < -0.39 is 0 Å². The predicted molar refractivity (Wildman–Crippen MR) is 105 cm³/mol. The van der Waals surface area contributed by atoms with Crippen LogP contribution >= 0.6 is 0 Å². The van der Waals surface area contributed by atoms with Crippen molar-refractivity contribution >= 4 is 22.4 Å². The van der Waals surface area contributed by atoms with E-state index in [1.807, 2.05) is 56.3 Å². The lowest BCUT2D eigenvalue weighted by molar-refractivity contribution is 0.102. The van der Waals surface area contributed by atoms with E-state index in [4.69, 9.17) is 9.47 Å². The average molecular weight is 349 g/mol. The minimum absolute atomic E-state index is 0.177. The SMILES string of the molecule is CCCOc1ccc(C(=O)Nc2cccc3ccccc23)cc1OCC. The van der Waals surface area contributed by atoms with Crippen LogP contribution in [0.4, 0.5) is 5.69 Å². The second kappa shape index (κ2) is 8.39. The maximum absolute atomic E-state index is 12.7. The van der Waals surface area contributed by atoms with E-state index in [-0.39, 0.29) is 5.91 Å². The summed E-state index contributed by atoms with van der Waals surface area (Å²) < 4.78 is 11.3. The monoisotopic (exact) mass is 349 g/mol. The lowest BCUT2D eigenvalue weighted by atomic mass is 10.1. The van der Waals surface area contributed by atoms with Crippen LogP contribution < -0.4 is 14.8 Å². The third-order valence-electron chi connectivity index (χ3n) is 4.01. The first kappa shape index (κ1) is 17.8. The molecule has 26 heavy (non-hydrogen) atoms. The Kier molecular flexibility index (Phi) is 5.74. The second-order valence-corrected chi connectivity index (χ2v) is 5.92. The van der Waals surface area contributed by atoms with Gasteiger partial charge in [0.05, 0.1) is 13.2 Å². The minimum atomic E-state index is -0.177. The zero-order valence-corrected chi connectivity index (χ0v) is 15.1. The van der Waals surface area contributed by atoms with E-state index in [0.29, 0.717) is 30.3 Å². The first-order valence-electron chi connectivity index (χ1n) is 8.91. The largest absolute Gasteiger partial charge is 0.490 e. The molecule has 0 saturated heterocycles. The summed E-state index contributed by atoms with van der Waals surface area (Å²) in [5, 5.41) is 5.09. The van der Waals surface area contributed by atoms with Gasteiger partial charge in [0.2, 0.25) is 0 Å². The fourth-order valence-corrected chi connectivity index (χ4v) is 2.78. The molecule has 0 radical (unpaired) electrons. The molecule has 0 atom stereocenters. The van der Waals surface area contributed by atoms with Crippen LogP contribution in [0.2, 0.25) is 0 Å². The van der Waals surface area contributed by atoms with Gasteiger partial charge in [-0.15, -0.1) is 0 Å². The van der Waals surface area contributed by atoms with Gasteiger partial charge in [-0.1, -0.05) is 43.3 Å². The molecular formula is C22H23NO3. The predicted octanol–water partition coefficient (Wildman–Crippen LogP) is 5.28. The highest BCUT2D eigenvalue weighted by molar-refractivity contribution is 6.09.